The summed E-state index contributed by atoms with van der Waals surface area (Å²) in [5.74, 6) is 0. The van der Waals surface area contributed by atoms with Gasteiger partial charge < -0.3 is 15.4 Å². The largest absolute Gasteiger partial charge is 0.387 e. The van der Waals surface area contributed by atoms with Crippen molar-refractivity contribution in [3.8, 4) is 0 Å². The molecule has 14 heavy (non-hydrogen) atoms. The fourth-order valence-corrected chi connectivity index (χ4v) is 1.49. The first-order valence-electron chi connectivity index (χ1n) is 4.47. The van der Waals surface area contributed by atoms with Gasteiger partial charge >= 0.3 is 0 Å². The molecule has 1 atom stereocenters. The predicted molar refractivity (Wildman–Crippen MR) is 52.8 cm³/mol. The summed E-state index contributed by atoms with van der Waals surface area (Å²) in [6, 6.07) is 5.57. The molecule has 0 saturated heterocycles. The van der Waals surface area contributed by atoms with E-state index in [0.29, 0.717) is 11.1 Å². The Morgan fingerprint density at radius 2 is 2.36 bits per heavy atom. The second-order valence-corrected chi connectivity index (χ2v) is 3.24. The molecule has 0 bridgehead atoms. The summed E-state index contributed by atoms with van der Waals surface area (Å²) in [5, 5.41) is 14.4. The van der Waals surface area contributed by atoms with E-state index in [-0.39, 0.29) is 6.54 Å². The average molecular weight is 192 g/mol. The van der Waals surface area contributed by atoms with Gasteiger partial charge in [0, 0.05) is 17.5 Å². The van der Waals surface area contributed by atoms with E-state index in [1.165, 1.54) is 0 Å². The van der Waals surface area contributed by atoms with Gasteiger partial charge in [-0.3, -0.25) is 0 Å². The van der Waals surface area contributed by atoms with Crippen molar-refractivity contribution < 1.29 is 9.63 Å². The lowest BCUT2D eigenvalue weighted by molar-refractivity contribution is 0.186. The first kappa shape index (κ1) is 9.18. The van der Waals surface area contributed by atoms with E-state index >= 15 is 0 Å². The predicted octanol–water partition coefficient (Wildman–Crippen LogP) is 1.13. The van der Waals surface area contributed by atoms with E-state index in [1.54, 1.807) is 6.07 Å². The van der Waals surface area contributed by atoms with Gasteiger partial charge in [0.15, 0.2) is 5.58 Å². The number of nitrogens with zero attached hydrogens (tertiary/aromatic N) is 1. The lowest BCUT2D eigenvalue weighted by Gasteiger charge is -2.06. The molecule has 1 aromatic carbocycles. The minimum absolute atomic E-state index is 0.179. The minimum atomic E-state index is -0.689. The molecule has 0 amide bonds. The summed E-state index contributed by atoms with van der Waals surface area (Å²) < 4.78 is 5.14. The summed E-state index contributed by atoms with van der Waals surface area (Å²) in [6.45, 7) is 2.04. The number of benzene rings is 1. The Morgan fingerprint density at radius 1 is 1.57 bits per heavy atom. The van der Waals surface area contributed by atoms with E-state index in [4.69, 9.17) is 10.3 Å². The average Bonchev–Trinajstić information content (AvgIpc) is 2.59. The van der Waals surface area contributed by atoms with E-state index in [9.17, 15) is 5.11 Å². The Morgan fingerprint density at radius 3 is 3.07 bits per heavy atom. The molecule has 0 aliphatic heterocycles. The van der Waals surface area contributed by atoms with Crippen LogP contribution in [0.1, 0.15) is 17.4 Å². The van der Waals surface area contributed by atoms with Gasteiger partial charge in [-0.25, -0.2) is 0 Å². The molecular weight excluding hydrogens is 180 g/mol. The number of aliphatic hydroxyl groups excluding tert-OH is 1. The molecule has 4 nitrogen and oxygen atoms in total. The van der Waals surface area contributed by atoms with Crippen LogP contribution in [0.15, 0.2) is 22.7 Å². The first-order valence-corrected chi connectivity index (χ1v) is 4.47. The summed E-state index contributed by atoms with van der Waals surface area (Å²) in [4.78, 5) is 0. The van der Waals surface area contributed by atoms with Crippen LogP contribution in [0.5, 0.6) is 0 Å². The molecule has 0 aliphatic carbocycles. The van der Waals surface area contributed by atoms with E-state index in [0.717, 1.165) is 11.1 Å². The lowest BCUT2D eigenvalue weighted by atomic mass is 10.1. The number of aliphatic hydroxyl groups is 1. The van der Waals surface area contributed by atoms with Gasteiger partial charge in [0.05, 0.1) is 11.8 Å². The zero-order valence-corrected chi connectivity index (χ0v) is 7.90. The molecule has 74 valence electrons. The van der Waals surface area contributed by atoms with Crippen molar-refractivity contribution in [3.63, 3.8) is 0 Å². The van der Waals surface area contributed by atoms with Crippen LogP contribution in [0.2, 0.25) is 0 Å². The van der Waals surface area contributed by atoms with Crippen molar-refractivity contribution >= 4 is 11.0 Å². The number of nitrogens with two attached hydrogens (primary N) is 1. The second-order valence-electron chi connectivity index (χ2n) is 3.24. The SMILES string of the molecule is Cc1noc2c(C(O)CN)cccc12. The van der Waals surface area contributed by atoms with Gasteiger partial charge in [0.25, 0.3) is 0 Å². The van der Waals surface area contributed by atoms with Gasteiger partial charge in [-0.05, 0) is 13.0 Å². The summed E-state index contributed by atoms with van der Waals surface area (Å²) in [6.07, 6.45) is -0.689. The highest BCUT2D eigenvalue weighted by Gasteiger charge is 2.13. The first-order chi connectivity index (χ1) is 6.74. The molecule has 1 unspecified atom stereocenters. The number of hydrogen-bond acceptors (Lipinski definition) is 4. The Bertz CT molecular complexity index is 450. The second kappa shape index (κ2) is 3.40. The smallest absolute Gasteiger partial charge is 0.172 e. The Labute approximate surface area is 81.3 Å². The molecule has 1 aromatic heterocycles. The summed E-state index contributed by atoms with van der Waals surface area (Å²) in [5.41, 5.74) is 7.54. The number of aromatic nitrogens is 1. The van der Waals surface area contributed by atoms with Crippen LogP contribution in [0, 0.1) is 6.92 Å². The maximum Gasteiger partial charge on any atom is 0.172 e. The molecule has 3 N–H and O–H groups in total. The van der Waals surface area contributed by atoms with Crippen molar-refractivity contribution in [1.29, 1.82) is 0 Å². The van der Waals surface area contributed by atoms with Crippen molar-refractivity contribution in [2.24, 2.45) is 5.73 Å². The Balaban J connectivity index is 2.65. The monoisotopic (exact) mass is 192 g/mol. The highest BCUT2D eigenvalue weighted by molar-refractivity contribution is 5.82. The molecule has 2 rings (SSSR count). The van der Waals surface area contributed by atoms with Crippen LogP contribution in [-0.2, 0) is 0 Å². The third-order valence-electron chi connectivity index (χ3n) is 2.29. The van der Waals surface area contributed by atoms with Crippen LogP contribution < -0.4 is 5.73 Å². The molecule has 0 radical (unpaired) electrons. The quantitative estimate of drug-likeness (QED) is 0.748. The van der Waals surface area contributed by atoms with Crippen LogP contribution >= 0.6 is 0 Å². The Hall–Kier alpha value is -1.39. The highest BCUT2D eigenvalue weighted by Crippen LogP contribution is 2.25. The van der Waals surface area contributed by atoms with Crippen LogP contribution in [-0.4, -0.2) is 16.8 Å². The van der Waals surface area contributed by atoms with Crippen molar-refractivity contribution in [1.82, 2.24) is 5.16 Å². The van der Waals surface area contributed by atoms with E-state index < -0.39 is 6.10 Å². The third kappa shape index (κ3) is 1.29. The number of rotatable bonds is 2. The van der Waals surface area contributed by atoms with Crippen molar-refractivity contribution in [2.45, 2.75) is 13.0 Å². The number of fused-ring (bicyclic) bond motifs is 1. The van der Waals surface area contributed by atoms with Crippen LogP contribution in [0.4, 0.5) is 0 Å². The minimum Gasteiger partial charge on any atom is -0.387 e. The molecule has 4 heteroatoms. The van der Waals surface area contributed by atoms with Gasteiger partial charge in [0.1, 0.15) is 0 Å². The molecule has 0 saturated carbocycles. The van der Waals surface area contributed by atoms with Crippen LogP contribution in [0.3, 0.4) is 0 Å². The van der Waals surface area contributed by atoms with E-state index in [2.05, 4.69) is 5.16 Å². The standard InChI is InChI=1S/C10H12N2O2/c1-6-7-3-2-4-8(9(13)5-11)10(7)14-12-6/h2-4,9,13H,5,11H2,1H3. The number of aryl methyl sites for hydroxylation is 1. The van der Waals surface area contributed by atoms with Gasteiger partial charge in [-0.15, -0.1) is 0 Å². The third-order valence-corrected chi connectivity index (χ3v) is 2.29. The molecule has 0 aliphatic rings. The summed E-state index contributed by atoms with van der Waals surface area (Å²) >= 11 is 0. The van der Waals surface area contributed by atoms with Crippen molar-refractivity contribution in [3.05, 3.63) is 29.5 Å². The van der Waals surface area contributed by atoms with Gasteiger partial charge in [0.2, 0.25) is 0 Å². The Kier molecular flexibility index (Phi) is 2.23. The fourth-order valence-electron chi connectivity index (χ4n) is 1.49. The topological polar surface area (TPSA) is 72.3 Å². The molecular formula is C10H12N2O2. The molecule has 2 aromatic rings. The maximum atomic E-state index is 9.62. The van der Waals surface area contributed by atoms with E-state index in [1.807, 2.05) is 19.1 Å². The normalized spacial score (nSPS) is 13.4. The molecule has 0 spiro atoms. The van der Waals surface area contributed by atoms with Crippen molar-refractivity contribution in [2.75, 3.05) is 6.54 Å². The lowest BCUT2D eigenvalue weighted by Crippen LogP contribution is -2.11. The molecule has 0 fully saturated rings. The number of para-hydroxylation sites is 1. The summed E-state index contributed by atoms with van der Waals surface area (Å²) in [7, 11) is 0. The van der Waals surface area contributed by atoms with Crippen LogP contribution in [0.25, 0.3) is 11.0 Å². The fraction of sp³-hybridized carbons (Fsp3) is 0.300. The highest BCUT2D eigenvalue weighted by atomic mass is 16.5. The number of hydrogen-bond donors (Lipinski definition) is 2. The van der Waals surface area contributed by atoms with Gasteiger partial charge in [-0.1, -0.05) is 17.3 Å². The zero-order chi connectivity index (χ0) is 10.1. The van der Waals surface area contributed by atoms with Gasteiger partial charge in [-0.2, -0.15) is 0 Å². The zero-order valence-electron chi connectivity index (χ0n) is 7.90. The maximum absolute atomic E-state index is 9.62. The molecule has 1 heterocycles.